The number of likely N-dealkylation sites (N-methyl/N-ethyl adjacent to an activating group) is 1. The molecular formula is C27H26F26N2O6. The molecule has 0 saturated heterocycles. The van der Waals surface area contributed by atoms with E-state index in [4.69, 9.17) is 0 Å². The predicted molar refractivity (Wildman–Crippen MR) is 141 cm³/mol. The molecule has 0 aliphatic rings. The highest BCUT2D eigenvalue weighted by molar-refractivity contribution is 5.82. The number of carboxylic acid groups (broad SMARTS) is 1. The van der Waals surface area contributed by atoms with Crippen molar-refractivity contribution < 1.29 is 148 Å². The second-order valence-corrected chi connectivity index (χ2v) is 13.1. The van der Waals surface area contributed by atoms with Crippen molar-refractivity contribution in [3.8, 4) is 0 Å². The Kier molecular flexibility index (Phi) is 16.9. The first-order chi connectivity index (χ1) is 26.5. The van der Waals surface area contributed by atoms with E-state index in [1.165, 1.54) is 14.1 Å². The molecule has 0 radical (unpaired) electrons. The first-order valence-electron chi connectivity index (χ1n) is 15.5. The number of nitrogens with zero attached hydrogens (tertiary/aromatic N) is 1. The molecule has 0 amide bonds. The lowest BCUT2D eigenvalue weighted by atomic mass is 9.93. The SMILES string of the molecule is C[N+](C)(CCCNC(CC(=O)OCCC(F)(F)C(F)(F)C(F)(F)C(F)(F)C(F)(F)C(F)(F)F)C(=O)OCCC(F)(F)C(F)(F)C(F)(F)C(F)(F)C(F)(F)C(F)(F)F)CC(=O)[O-]. The van der Waals surface area contributed by atoms with Crippen molar-refractivity contribution in [2.75, 3.05) is 46.9 Å². The normalized spacial score (nSPS) is 15.7. The van der Waals surface area contributed by atoms with Crippen molar-refractivity contribution in [1.29, 1.82) is 0 Å². The molecule has 0 aromatic carbocycles. The van der Waals surface area contributed by atoms with Gasteiger partial charge in [0.25, 0.3) is 0 Å². The molecular weight excluding hydrogens is 942 g/mol. The van der Waals surface area contributed by atoms with Crippen molar-refractivity contribution in [2.45, 2.75) is 103 Å². The highest BCUT2D eigenvalue weighted by Crippen LogP contribution is 2.62. The Morgan fingerprint density at radius 3 is 1.18 bits per heavy atom. The van der Waals surface area contributed by atoms with Gasteiger partial charge in [0.05, 0.1) is 59.1 Å². The van der Waals surface area contributed by atoms with E-state index in [0.717, 1.165) is 0 Å². The van der Waals surface area contributed by atoms with Crippen LogP contribution in [0.25, 0.3) is 0 Å². The molecule has 0 aliphatic carbocycles. The third-order valence-electron chi connectivity index (χ3n) is 7.88. The van der Waals surface area contributed by atoms with Gasteiger partial charge in [0.15, 0.2) is 0 Å². The van der Waals surface area contributed by atoms with Crippen LogP contribution < -0.4 is 10.4 Å². The molecule has 0 aromatic rings. The third kappa shape index (κ3) is 11.4. The summed E-state index contributed by atoms with van der Waals surface area (Å²) in [5, 5.41) is 12.7. The molecule has 0 aliphatic heterocycles. The minimum atomic E-state index is -8.31. The standard InChI is InChI=1S/C27H26F26N2O6/c1-55(2,11-13(56)57)7-3-6-54-12(15(59)61-9-5-17(30,31)19(34,35)21(38,39)23(42,43)25(46,47)27(51,52)53)10-14(58)60-8-4-16(28,29)18(32,33)20(36,37)22(40,41)24(44,45)26(48,49)50/h12,54H,3-11H2,1-2H3. The fraction of sp³-hybridized carbons (Fsp3) is 0.889. The quantitative estimate of drug-likeness (QED) is 0.0487. The summed E-state index contributed by atoms with van der Waals surface area (Å²) in [7, 11) is 2.44. The number of hydrogen-bond acceptors (Lipinski definition) is 7. The molecule has 362 valence electrons. The van der Waals surface area contributed by atoms with Gasteiger partial charge in [-0.15, -0.1) is 0 Å². The van der Waals surface area contributed by atoms with E-state index in [2.05, 4.69) is 9.47 Å². The number of halogens is 26. The van der Waals surface area contributed by atoms with Crippen molar-refractivity contribution in [3.05, 3.63) is 0 Å². The summed E-state index contributed by atoms with van der Waals surface area (Å²) in [6.07, 6.45) is -24.0. The van der Waals surface area contributed by atoms with E-state index in [-0.39, 0.29) is 13.0 Å². The zero-order chi connectivity index (χ0) is 49.3. The number of aliphatic carboxylic acids is 1. The molecule has 0 rings (SSSR count). The first kappa shape index (κ1) is 57.5. The molecule has 8 nitrogen and oxygen atoms in total. The molecule has 0 bridgehead atoms. The Hall–Kier alpha value is -3.49. The van der Waals surface area contributed by atoms with Crippen LogP contribution in [0.5, 0.6) is 0 Å². The highest BCUT2D eigenvalue weighted by Gasteiger charge is 2.92. The average molecular weight is 968 g/mol. The number of alkyl halides is 26. The van der Waals surface area contributed by atoms with Gasteiger partial charge in [-0.3, -0.25) is 9.59 Å². The van der Waals surface area contributed by atoms with Crippen molar-refractivity contribution in [2.24, 2.45) is 0 Å². The summed E-state index contributed by atoms with van der Waals surface area (Å²) in [6, 6.07) is -2.57. The van der Waals surface area contributed by atoms with Crippen LogP contribution in [0.3, 0.4) is 0 Å². The van der Waals surface area contributed by atoms with Crippen LogP contribution >= 0.6 is 0 Å². The molecule has 0 heterocycles. The van der Waals surface area contributed by atoms with Gasteiger partial charge in [-0.25, -0.2) is 0 Å². The largest absolute Gasteiger partial charge is 0.544 e. The molecule has 34 heteroatoms. The number of carbonyl (C=O) groups is 3. The second kappa shape index (κ2) is 17.9. The van der Waals surface area contributed by atoms with E-state index in [0.29, 0.717) is 0 Å². The lowest BCUT2D eigenvalue weighted by Gasteiger charge is -2.39. The van der Waals surface area contributed by atoms with Crippen LogP contribution in [0.2, 0.25) is 0 Å². The van der Waals surface area contributed by atoms with Crippen molar-refractivity contribution in [1.82, 2.24) is 5.32 Å². The minimum absolute atomic E-state index is 0.261. The summed E-state index contributed by atoms with van der Waals surface area (Å²) in [5.41, 5.74) is 0. The molecule has 1 atom stereocenters. The molecule has 0 spiro atoms. The average Bonchev–Trinajstić information content (AvgIpc) is 3.03. The maximum atomic E-state index is 14.1. The fourth-order valence-corrected chi connectivity index (χ4v) is 4.27. The van der Waals surface area contributed by atoms with Crippen molar-refractivity contribution >= 4 is 17.9 Å². The second-order valence-electron chi connectivity index (χ2n) is 13.1. The number of rotatable bonds is 24. The summed E-state index contributed by atoms with van der Waals surface area (Å²) in [5.74, 6) is -84.7. The van der Waals surface area contributed by atoms with Crippen molar-refractivity contribution in [3.63, 3.8) is 0 Å². The Bertz CT molecular complexity index is 1530. The first-order valence-corrected chi connectivity index (χ1v) is 15.5. The number of esters is 2. The summed E-state index contributed by atoms with van der Waals surface area (Å²) in [4.78, 5) is 35.4. The van der Waals surface area contributed by atoms with E-state index < -0.39 is 146 Å². The monoisotopic (exact) mass is 968 g/mol. The molecule has 1 unspecified atom stereocenters. The van der Waals surface area contributed by atoms with E-state index in [1.807, 2.05) is 5.32 Å². The highest BCUT2D eigenvalue weighted by atomic mass is 19.4. The van der Waals surface area contributed by atoms with Crippen LogP contribution in [0.15, 0.2) is 0 Å². The van der Waals surface area contributed by atoms with Gasteiger partial charge < -0.3 is 29.2 Å². The topological polar surface area (TPSA) is 105 Å². The number of nitrogens with one attached hydrogen (secondary N) is 1. The lowest BCUT2D eigenvalue weighted by Crippen LogP contribution is -2.70. The lowest BCUT2D eigenvalue weighted by molar-refractivity contribution is -0.884. The Morgan fingerprint density at radius 2 is 0.852 bits per heavy atom. The third-order valence-corrected chi connectivity index (χ3v) is 7.88. The van der Waals surface area contributed by atoms with Gasteiger partial charge in [-0.05, 0) is 0 Å². The van der Waals surface area contributed by atoms with Gasteiger partial charge in [-0.2, -0.15) is 114 Å². The van der Waals surface area contributed by atoms with Gasteiger partial charge in [-0.1, -0.05) is 0 Å². The molecule has 0 aromatic heterocycles. The summed E-state index contributed by atoms with van der Waals surface area (Å²) in [6.45, 7) is -6.56. The van der Waals surface area contributed by atoms with Crippen LogP contribution in [-0.4, -0.2) is 147 Å². The number of carboxylic acids is 1. The summed E-state index contributed by atoms with van der Waals surface area (Å²) < 4.78 is 353. The maximum absolute atomic E-state index is 14.1. The van der Waals surface area contributed by atoms with E-state index in [9.17, 15) is 134 Å². The van der Waals surface area contributed by atoms with Gasteiger partial charge >= 0.3 is 83.5 Å². The molecule has 0 fully saturated rings. The number of hydrogen-bond donors (Lipinski definition) is 1. The zero-order valence-corrected chi connectivity index (χ0v) is 29.7. The van der Waals surface area contributed by atoms with Crippen LogP contribution in [0, 0.1) is 0 Å². The van der Waals surface area contributed by atoms with E-state index >= 15 is 0 Å². The number of carbonyl (C=O) groups excluding carboxylic acids is 3. The number of quaternary nitrogens is 1. The Morgan fingerprint density at radius 1 is 0.525 bits per heavy atom. The van der Waals surface area contributed by atoms with E-state index in [1.54, 1.807) is 0 Å². The van der Waals surface area contributed by atoms with Gasteiger partial charge in [0.2, 0.25) is 0 Å². The predicted octanol–water partition coefficient (Wildman–Crippen LogP) is 6.90. The smallest absolute Gasteiger partial charge is 0.460 e. The van der Waals surface area contributed by atoms with Gasteiger partial charge in [0, 0.05) is 13.0 Å². The van der Waals surface area contributed by atoms with Crippen LogP contribution in [0.1, 0.15) is 25.7 Å². The van der Waals surface area contributed by atoms with Crippen LogP contribution in [0.4, 0.5) is 114 Å². The van der Waals surface area contributed by atoms with Gasteiger partial charge in [0.1, 0.15) is 12.6 Å². The zero-order valence-electron chi connectivity index (χ0n) is 29.7. The fourth-order valence-electron chi connectivity index (χ4n) is 4.27. The van der Waals surface area contributed by atoms with Crippen LogP contribution in [-0.2, 0) is 23.9 Å². The Balaban J connectivity index is 6.23. The molecule has 61 heavy (non-hydrogen) atoms. The summed E-state index contributed by atoms with van der Waals surface area (Å²) >= 11 is 0. The molecule has 1 N–H and O–H groups in total. The minimum Gasteiger partial charge on any atom is -0.544 e. The maximum Gasteiger partial charge on any atom is 0.460 e. The molecule has 0 saturated carbocycles. The number of ether oxygens (including phenoxy) is 2. The Labute approximate surface area is 322 Å².